The molecule has 0 radical (unpaired) electrons. The Morgan fingerprint density at radius 1 is 1.28 bits per heavy atom. The molecule has 1 aromatic carbocycles. The number of furan rings is 1. The fraction of sp³-hybridized carbons (Fsp3) is 0.500. The van der Waals surface area contributed by atoms with Crippen LogP contribution in [0, 0.1) is 12.8 Å². The van der Waals surface area contributed by atoms with Gasteiger partial charge in [0.25, 0.3) is 0 Å². The predicted octanol–water partition coefficient (Wildman–Crippen LogP) is 3.92. The van der Waals surface area contributed by atoms with Gasteiger partial charge in [-0.15, -0.1) is 0 Å². The van der Waals surface area contributed by atoms with Gasteiger partial charge in [-0.05, 0) is 50.6 Å². The van der Waals surface area contributed by atoms with E-state index in [1.54, 1.807) is 0 Å². The van der Waals surface area contributed by atoms with Crippen LogP contribution in [0.1, 0.15) is 31.6 Å². The second-order valence-corrected chi connectivity index (χ2v) is 5.27. The summed E-state index contributed by atoms with van der Waals surface area (Å²) in [6.07, 6.45) is 2.20. The van der Waals surface area contributed by atoms with Crippen molar-refractivity contribution in [3.05, 3.63) is 35.6 Å². The van der Waals surface area contributed by atoms with Gasteiger partial charge in [-0.3, -0.25) is 0 Å². The molecule has 2 aromatic rings. The van der Waals surface area contributed by atoms with Crippen LogP contribution in [0.2, 0.25) is 0 Å². The Morgan fingerprint density at radius 3 is 2.89 bits per heavy atom. The molecule has 98 valence electrons. The van der Waals surface area contributed by atoms with Gasteiger partial charge < -0.3 is 9.73 Å². The molecular weight excluding hydrogens is 222 g/mol. The summed E-state index contributed by atoms with van der Waals surface area (Å²) in [6.45, 7) is 8.73. The van der Waals surface area contributed by atoms with Gasteiger partial charge in [0.05, 0.1) is 0 Å². The molecule has 0 spiro atoms. The van der Waals surface area contributed by atoms with E-state index in [2.05, 4.69) is 50.4 Å². The van der Waals surface area contributed by atoms with E-state index in [-0.39, 0.29) is 0 Å². The van der Waals surface area contributed by atoms with Crippen molar-refractivity contribution >= 4 is 11.0 Å². The zero-order chi connectivity index (χ0) is 13.0. The van der Waals surface area contributed by atoms with Crippen molar-refractivity contribution in [1.29, 1.82) is 0 Å². The van der Waals surface area contributed by atoms with E-state index in [9.17, 15) is 0 Å². The summed E-state index contributed by atoms with van der Waals surface area (Å²) in [5.41, 5.74) is 2.29. The Hall–Kier alpha value is -1.28. The predicted molar refractivity (Wildman–Crippen MR) is 77.0 cm³/mol. The van der Waals surface area contributed by atoms with E-state index in [1.165, 1.54) is 17.4 Å². The van der Waals surface area contributed by atoms with Crippen LogP contribution in [0.4, 0.5) is 0 Å². The second kappa shape index (κ2) is 6.05. The lowest BCUT2D eigenvalue weighted by Gasteiger charge is -2.10. The van der Waals surface area contributed by atoms with Crippen LogP contribution in [0.3, 0.4) is 0 Å². The highest BCUT2D eigenvalue weighted by molar-refractivity contribution is 5.78. The van der Waals surface area contributed by atoms with E-state index in [4.69, 9.17) is 4.42 Å². The Labute approximate surface area is 109 Å². The number of fused-ring (bicyclic) bond motifs is 1. The van der Waals surface area contributed by atoms with Crippen LogP contribution in [0.15, 0.2) is 28.7 Å². The van der Waals surface area contributed by atoms with Crippen molar-refractivity contribution in [2.75, 3.05) is 13.1 Å². The maximum absolute atomic E-state index is 5.87. The molecule has 1 aromatic heterocycles. The van der Waals surface area contributed by atoms with Gasteiger partial charge in [0, 0.05) is 11.8 Å². The summed E-state index contributed by atoms with van der Waals surface area (Å²) in [7, 11) is 0. The lowest BCUT2D eigenvalue weighted by atomic mass is 10.1. The van der Waals surface area contributed by atoms with E-state index in [1.807, 2.05) is 0 Å². The lowest BCUT2D eigenvalue weighted by molar-refractivity contribution is 0.454. The third kappa shape index (κ3) is 3.36. The van der Waals surface area contributed by atoms with Crippen molar-refractivity contribution < 1.29 is 4.42 Å². The molecule has 0 saturated heterocycles. The number of aryl methyl sites for hydroxylation is 1. The van der Waals surface area contributed by atoms with Crippen LogP contribution >= 0.6 is 0 Å². The minimum absolute atomic E-state index is 0.609. The van der Waals surface area contributed by atoms with E-state index >= 15 is 0 Å². The number of rotatable bonds is 6. The second-order valence-electron chi connectivity index (χ2n) is 5.27. The van der Waals surface area contributed by atoms with Gasteiger partial charge in [0.1, 0.15) is 11.3 Å². The van der Waals surface area contributed by atoms with Gasteiger partial charge in [-0.25, -0.2) is 0 Å². The molecule has 0 saturated carbocycles. The molecule has 18 heavy (non-hydrogen) atoms. The Balaban J connectivity index is 1.98. The number of nitrogens with one attached hydrogen (secondary N) is 1. The first-order valence-electron chi connectivity index (χ1n) is 6.89. The Bertz CT molecular complexity index is 501. The Morgan fingerprint density at radius 2 is 2.11 bits per heavy atom. The van der Waals surface area contributed by atoms with Gasteiger partial charge in [-0.2, -0.15) is 0 Å². The average Bonchev–Trinajstić information content (AvgIpc) is 2.70. The summed E-state index contributed by atoms with van der Waals surface area (Å²) < 4.78 is 5.87. The third-order valence-electron chi connectivity index (χ3n) is 3.19. The topological polar surface area (TPSA) is 25.2 Å². The quantitative estimate of drug-likeness (QED) is 0.780. The average molecular weight is 245 g/mol. The molecule has 2 nitrogen and oxygen atoms in total. The monoisotopic (exact) mass is 245 g/mol. The van der Waals surface area contributed by atoms with Crippen molar-refractivity contribution in [1.82, 2.24) is 5.32 Å². The van der Waals surface area contributed by atoms with Gasteiger partial charge >= 0.3 is 0 Å². The highest BCUT2D eigenvalue weighted by Gasteiger charge is 2.08. The number of benzene rings is 1. The van der Waals surface area contributed by atoms with Crippen LogP contribution in [0.25, 0.3) is 11.0 Å². The first kappa shape index (κ1) is 13.2. The van der Waals surface area contributed by atoms with E-state index in [0.717, 1.165) is 30.9 Å². The molecule has 1 atom stereocenters. The summed E-state index contributed by atoms with van der Waals surface area (Å²) in [5.74, 6) is 1.71. The van der Waals surface area contributed by atoms with Crippen molar-refractivity contribution in [3.8, 4) is 0 Å². The fourth-order valence-corrected chi connectivity index (χ4v) is 2.26. The first-order valence-corrected chi connectivity index (χ1v) is 6.89. The maximum Gasteiger partial charge on any atom is 0.134 e. The van der Waals surface area contributed by atoms with Gasteiger partial charge in [0.15, 0.2) is 0 Å². The minimum atomic E-state index is 0.609. The van der Waals surface area contributed by atoms with E-state index in [0.29, 0.717) is 5.92 Å². The van der Waals surface area contributed by atoms with E-state index < -0.39 is 0 Å². The zero-order valence-electron chi connectivity index (χ0n) is 11.6. The molecule has 0 aliphatic rings. The molecule has 0 bridgehead atoms. The van der Waals surface area contributed by atoms with Crippen LogP contribution in [-0.4, -0.2) is 13.1 Å². The standard InChI is InChI=1S/C16H23NO/c1-4-7-17-11-13(3)9-15-10-14-8-12(2)5-6-16(14)18-15/h5-6,8,10,13,17H,4,7,9,11H2,1-3H3. The van der Waals surface area contributed by atoms with Crippen molar-refractivity contribution in [2.45, 2.75) is 33.6 Å². The molecule has 2 rings (SSSR count). The zero-order valence-corrected chi connectivity index (χ0v) is 11.6. The molecule has 0 amide bonds. The molecular formula is C16H23NO. The molecule has 1 unspecified atom stereocenters. The normalized spacial score (nSPS) is 13.1. The maximum atomic E-state index is 5.87. The molecule has 2 heteroatoms. The highest BCUT2D eigenvalue weighted by Crippen LogP contribution is 2.22. The van der Waals surface area contributed by atoms with Crippen molar-refractivity contribution in [3.63, 3.8) is 0 Å². The molecule has 1 heterocycles. The molecule has 1 N–H and O–H groups in total. The lowest BCUT2D eigenvalue weighted by Crippen LogP contribution is -2.22. The van der Waals surface area contributed by atoms with Crippen molar-refractivity contribution in [2.24, 2.45) is 5.92 Å². The minimum Gasteiger partial charge on any atom is -0.461 e. The summed E-state index contributed by atoms with van der Waals surface area (Å²) in [5, 5.41) is 4.68. The highest BCUT2D eigenvalue weighted by atomic mass is 16.3. The third-order valence-corrected chi connectivity index (χ3v) is 3.19. The molecule has 0 aliphatic heterocycles. The summed E-state index contributed by atoms with van der Waals surface area (Å²) >= 11 is 0. The molecule has 0 aliphatic carbocycles. The van der Waals surface area contributed by atoms with Crippen LogP contribution < -0.4 is 5.32 Å². The fourth-order valence-electron chi connectivity index (χ4n) is 2.26. The van der Waals surface area contributed by atoms with Crippen LogP contribution in [-0.2, 0) is 6.42 Å². The SMILES string of the molecule is CCCNCC(C)Cc1cc2cc(C)ccc2o1. The number of hydrogen-bond donors (Lipinski definition) is 1. The van der Waals surface area contributed by atoms with Crippen LogP contribution in [0.5, 0.6) is 0 Å². The molecule has 0 fully saturated rings. The van der Waals surface area contributed by atoms with Gasteiger partial charge in [-0.1, -0.05) is 25.5 Å². The smallest absolute Gasteiger partial charge is 0.134 e. The first-order chi connectivity index (χ1) is 8.69. The van der Waals surface area contributed by atoms with Gasteiger partial charge in [0.2, 0.25) is 0 Å². The number of hydrogen-bond acceptors (Lipinski definition) is 2. The largest absolute Gasteiger partial charge is 0.461 e. The summed E-state index contributed by atoms with van der Waals surface area (Å²) in [6, 6.07) is 8.52. The Kier molecular flexibility index (Phi) is 4.43. The summed E-state index contributed by atoms with van der Waals surface area (Å²) in [4.78, 5) is 0.